The minimum atomic E-state index is -0.256. The van der Waals surface area contributed by atoms with Crippen molar-refractivity contribution in [2.75, 3.05) is 13.2 Å². The molecule has 160 valence electrons. The Balaban J connectivity index is 1.37. The summed E-state index contributed by atoms with van der Waals surface area (Å²) in [7, 11) is 0. The van der Waals surface area contributed by atoms with Crippen LogP contribution in [0.3, 0.4) is 0 Å². The summed E-state index contributed by atoms with van der Waals surface area (Å²) in [5.74, 6) is 0.378. The molecule has 32 heavy (non-hydrogen) atoms. The second-order valence-electron chi connectivity index (χ2n) is 8.51. The minimum absolute atomic E-state index is 0.0890. The molecule has 1 aromatic heterocycles. The fourth-order valence-electron chi connectivity index (χ4n) is 4.88. The van der Waals surface area contributed by atoms with Crippen LogP contribution in [0.2, 0.25) is 0 Å². The van der Waals surface area contributed by atoms with Crippen LogP contribution in [0.4, 0.5) is 0 Å². The van der Waals surface area contributed by atoms with E-state index in [0.717, 1.165) is 37.1 Å². The first-order valence-electron chi connectivity index (χ1n) is 11.2. The third kappa shape index (κ3) is 3.39. The Hall–Kier alpha value is -3.44. The highest BCUT2D eigenvalue weighted by molar-refractivity contribution is 5.97. The van der Waals surface area contributed by atoms with E-state index in [2.05, 4.69) is 65.6 Å². The lowest BCUT2D eigenvalue weighted by Crippen LogP contribution is -2.29. The SMILES string of the molecule is O=c1nc(OCC2CCCO2)cc2n1CCc1cc(-c3cccc4ccccc34)ccc1-2. The van der Waals surface area contributed by atoms with Crippen LogP contribution in [-0.4, -0.2) is 28.9 Å². The maximum Gasteiger partial charge on any atom is 0.351 e. The van der Waals surface area contributed by atoms with Gasteiger partial charge in [0, 0.05) is 24.8 Å². The normalized spacial score (nSPS) is 17.2. The van der Waals surface area contributed by atoms with Gasteiger partial charge in [0.05, 0.1) is 11.8 Å². The Labute approximate surface area is 186 Å². The molecule has 0 spiro atoms. The lowest BCUT2D eigenvalue weighted by molar-refractivity contribution is 0.0661. The van der Waals surface area contributed by atoms with Crippen molar-refractivity contribution < 1.29 is 9.47 Å². The summed E-state index contributed by atoms with van der Waals surface area (Å²) >= 11 is 0. The van der Waals surface area contributed by atoms with Gasteiger partial charge in [-0.2, -0.15) is 4.98 Å². The zero-order valence-electron chi connectivity index (χ0n) is 17.8. The van der Waals surface area contributed by atoms with Crippen molar-refractivity contribution in [2.45, 2.75) is 31.9 Å². The van der Waals surface area contributed by atoms with Gasteiger partial charge >= 0.3 is 5.69 Å². The first-order valence-corrected chi connectivity index (χ1v) is 11.2. The second-order valence-corrected chi connectivity index (χ2v) is 8.51. The Bertz CT molecular complexity index is 1360. The molecule has 0 aliphatic carbocycles. The van der Waals surface area contributed by atoms with Crippen molar-refractivity contribution in [1.82, 2.24) is 9.55 Å². The molecule has 0 saturated carbocycles. The molecule has 5 heteroatoms. The maximum absolute atomic E-state index is 12.7. The van der Waals surface area contributed by atoms with Crippen LogP contribution in [0.5, 0.6) is 5.88 Å². The smallest absolute Gasteiger partial charge is 0.351 e. The van der Waals surface area contributed by atoms with Crippen LogP contribution >= 0.6 is 0 Å². The Morgan fingerprint density at radius 2 is 1.94 bits per heavy atom. The Morgan fingerprint density at radius 3 is 2.84 bits per heavy atom. The predicted octanol–water partition coefficient (Wildman–Crippen LogP) is 4.84. The van der Waals surface area contributed by atoms with Crippen LogP contribution in [-0.2, 0) is 17.7 Å². The summed E-state index contributed by atoms with van der Waals surface area (Å²) in [4.78, 5) is 16.8. The number of benzene rings is 3. The monoisotopic (exact) mass is 424 g/mol. The molecule has 3 heterocycles. The van der Waals surface area contributed by atoms with Crippen molar-refractivity contribution >= 4 is 10.8 Å². The van der Waals surface area contributed by atoms with Gasteiger partial charge in [0.1, 0.15) is 6.61 Å². The molecular formula is C27H24N2O3. The summed E-state index contributed by atoms with van der Waals surface area (Å²) in [6.45, 7) is 1.84. The van der Waals surface area contributed by atoms with E-state index in [1.165, 1.54) is 27.5 Å². The number of hydrogen-bond donors (Lipinski definition) is 0. The van der Waals surface area contributed by atoms with Crippen molar-refractivity contribution in [3.8, 4) is 28.3 Å². The molecule has 2 aliphatic rings. The Kier molecular flexibility index (Phi) is 4.76. The average Bonchev–Trinajstić information content (AvgIpc) is 3.36. The molecule has 1 fully saturated rings. The van der Waals surface area contributed by atoms with Crippen molar-refractivity contribution in [1.29, 1.82) is 0 Å². The van der Waals surface area contributed by atoms with E-state index in [1.54, 1.807) is 4.57 Å². The summed E-state index contributed by atoms with van der Waals surface area (Å²) < 4.78 is 13.2. The number of nitrogens with zero attached hydrogens (tertiary/aromatic N) is 2. The Morgan fingerprint density at radius 1 is 1.03 bits per heavy atom. The molecule has 4 aromatic rings. The summed E-state index contributed by atoms with van der Waals surface area (Å²) in [5, 5.41) is 2.48. The number of fused-ring (bicyclic) bond motifs is 4. The molecule has 5 nitrogen and oxygen atoms in total. The summed E-state index contributed by atoms with van der Waals surface area (Å²) in [6.07, 6.45) is 2.94. The maximum atomic E-state index is 12.7. The highest BCUT2D eigenvalue weighted by atomic mass is 16.5. The molecule has 0 amide bonds. The number of hydrogen-bond acceptors (Lipinski definition) is 4. The van der Waals surface area contributed by atoms with E-state index in [9.17, 15) is 4.79 Å². The molecular weight excluding hydrogens is 400 g/mol. The van der Waals surface area contributed by atoms with Crippen molar-refractivity contribution in [3.05, 3.63) is 82.8 Å². The fraction of sp³-hybridized carbons (Fsp3) is 0.259. The molecule has 1 atom stereocenters. The second kappa shape index (κ2) is 7.92. The fourth-order valence-corrected chi connectivity index (χ4v) is 4.88. The minimum Gasteiger partial charge on any atom is -0.475 e. The van der Waals surface area contributed by atoms with Crippen molar-refractivity contribution in [2.24, 2.45) is 0 Å². The number of ether oxygens (including phenoxy) is 2. The molecule has 2 aliphatic heterocycles. The van der Waals surface area contributed by atoms with Gasteiger partial charge in [0.25, 0.3) is 0 Å². The van der Waals surface area contributed by atoms with Gasteiger partial charge in [-0.1, -0.05) is 60.7 Å². The summed E-state index contributed by atoms with van der Waals surface area (Å²) in [5.41, 5.74) is 5.35. The van der Waals surface area contributed by atoms with Gasteiger partial charge in [0.2, 0.25) is 5.88 Å². The third-order valence-electron chi connectivity index (χ3n) is 6.52. The van der Waals surface area contributed by atoms with Crippen LogP contribution in [0, 0.1) is 0 Å². The van der Waals surface area contributed by atoms with E-state index in [4.69, 9.17) is 9.47 Å². The average molecular weight is 425 g/mol. The zero-order chi connectivity index (χ0) is 21.5. The molecule has 0 N–H and O–H groups in total. The first kappa shape index (κ1) is 19.3. The number of aryl methyl sites for hydroxylation is 1. The summed E-state index contributed by atoms with van der Waals surface area (Å²) in [6, 6.07) is 23.3. The van der Waals surface area contributed by atoms with Crippen LogP contribution in [0.15, 0.2) is 71.5 Å². The lowest BCUT2D eigenvalue weighted by atomic mass is 9.91. The van der Waals surface area contributed by atoms with Gasteiger partial charge in [-0.25, -0.2) is 4.79 Å². The largest absolute Gasteiger partial charge is 0.475 e. The van der Waals surface area contributed by atoms with Crippen LogP contribution < -0.4 is 10.4 Å². The molecule has 1 unspecified atom stereocenters. The van der Waals surface area contributed by atoms with E-state index < -0.39 is 0 Å². The van der Waals surface area contributed by atoms with Crippen molar-refractivity contribution in [3.63, 3.8) is 0 Å². The van der Waals surface area contributed by atoms with Gasteiger partial charge in [-0.05, 0) is 46.7 Å². The standard InChI is InChI=1S/C27H24N2O3/c30-27-28-26(32-17-21-7-4-14-31-21)16-25-24-11-10-19(15-20(24)12-13-29(25)27)23-9-3-6-18-5-1-2-8-22(18)23/h1-3,5-6,8-11,15-16,21H,4,7,12-14,17H2. The van der Waals surface area contributed by atoms with E-state index in [0.29, 0.717) is 19.0 Å². The molecule has 3 aromatic carbocycles. The van der Waals surface area contributed by atoms with Gasteiger partial charge < -0.3 is 9.47 Å². The number of rotatable bonds is 4. The highest BCUT2D eigenvalue weighted by Crippen LogP contribution is 2.35. The van der Waals surface area contributed by atoms with E-state index in [1.807, 2.05) is 6.07 Å². The van der Waals surface area contributed by atoms with E-state index in [-0.39, 0.29) is 11.8 Å². The van der Waals surface area contributed by atoms with E-state index >= 15 is 0 Å². The molecule has 1 saturated heterocycles. The highest BCUT2D eigenvalue weighted by Gasteiger charge is 2.21. The lowest BCUT2D eigenvalue weighted by Gasteiger charge is -2.23. The van der Waals surface area contributed by atoms with Crippen LogP contribution in [0.25, 0.3) is 33.2 Å². The topological polar surface area (TPSA) is 53.4 Å². The van der Waals surface area contributed by atoms with Gasteiger partial charge in [-0.15, -0.1) is 0 Å². The third-order valence-corrected chi connectivity index (χ3v) is 6.52. The zero-order valence-corrected chi connectivity index (χ0v) is 17.8. The molecule has 0 bridgehead atoms. The molecule has 6 rings (SSSR count). The van der Waals surface area contributed by atoms with Crippen LogP contribution in [0.1, 0.15) is 18.4 Å². The quantitative estimate of drug-likeness (QED) is 0.470. The predicted molar refractivity (Wildman–Crippen MR) is 125 cm³/mol. The molecule has 0 radical (unpaired) electrons. The van der Waals surface area contributed by atoms with Gasteiger partial charge in [0.15, 0.2) is 0 Å². The number of aromatic nitrogens is 2. The van der Waals surface area contributed by atoms with Gasteiger partial charge in [-0.3, -0.25) is 4.57 Å². The first-order chi connectivity index (χ1) is 15.8.